The van der Waals surface area contributed by atoms with E-state index in [0.717, 1.165) is 4.90 Å². The summed E-state index contributed by atoms with van der Waals surface area (Å²) in [6.07, 6.45) is 5.13. The Balaban J connectivity index is 1.68. The van der Waals surface area contributed by atoms with Crippen molar-refractivity contribution in [1.82, 2.24) is 19.0 Å². The van der Waals surface area contributed by atoms with Crippen molar-refractivity contribution in [2.75, 3.05) is 27.4 Å². The topological polar surface area (TPSA) is 218 Å². The summed E-state index contributed by atoms with van der Waals surface area (Å²) in [4.78, 5) is 78.0. The minimum atomic E-state index is -0.772. The van der Waals surface area contributed by atoms with E-state index in [4.69, 9.17) is 11.1 Å². The van der Waals surface area contributed by atoms with Crippen molar-refractivity contribution in [3.05, 3.63) is 94.8 Å². The number of hydrogen-bond donors (Lipinski definition) is 6. The number of nitrogens with zero attached hydrogens (tertiary/aromatic N) is 4. The summed E-state index contributed by atoms with van der Waals surface area (Å²) in [6, 6.07) is 10.1. The molecular formula is C32H33BrN10O6. The Kier molecular flexibility index (Phi) is 11.0. The van der Waals surface area contributed by atoms with Crippen LogP contribution in [0.15, 0.2) is 72.1 Å². The van der Waals surface area contributed by atoms with Crippen molar-refractivity contribution in [2.45, 2.75) is 6.42 Å². The summed E-state index contributed by atoms with van der Waals surface area (Å²) in [7, 11) is 4.76. The molecule has 0 fully saturated rings. The second kappa shape index (κ2) is 15.1. The molecule has 49 heavy (non-hydrogen) atoms. The number of imide groups is 1. The predicted octanol–water partition coefficient (Wildman–Crippen LogP) is 2.91. The van der Waals surface area contributed by atoms with Crippen LogP contribution in [0.4, 0.5) is 22.7 Å². The van der Waals surface area contributed by atoms with Crippen LogP contribution < -0.4 is 31.9 Å². The maximum atomic E-state index is 14.2. The highest BCUT2D eigenvalue weighted by Gasteiger charge is 2.30. The molecule has 0 bridgehead atoms. The van der Waals surface area contributed by atoms with E-state index in [0.29, 0.717) is 17.8 Å². The largest absolute Gasteiger partial charge is 0.388 e. The summed E-state index contributed by atoms with van der Waals surface area (Å²) in [5.74, 6) is -3.12. The number of benzene rings is 1. The number of amidine groups is 1. The van der Waals surface area contributed by atoms with Crippen molar-refractivity contribution < 1.29 is 28.8 Å². The van der Waals surface area contributed by atoms with Crippen molar-refractivity contribution in [2.24, 2.45) is 26.9 Å². The van der Waals surface area contributed by atoms with Crippen LogP contribution in [0.5, 0.6) is 0 Å². The first-order valence-electron chi connectivity index (χ1n) is 14.5. The second-order valence-electron chi connectivity index (χ2n) is 10.8. The number of nitrogens with one attached hydrogen (secondary N) is 5. The number of aryl methyl sites for hydroxylation is 3. The van der Waals surface area contributed by atoms with Crippen LogP contribution in [0.1, 0.15) is 48.2 Å². The van der Waals surface area contributed by atoms with Gasteiger partial charge in [0.05, 0.1) is 27.4 Å². The number of carbonyl (C=O) groups is 6. The first kappa shape index (κ1) is 35.6. The standard InChI is InChI=1S/C32H33BrN10O6/c1-18(33)28(45)38-20-7-5-19(6-8-20)31(48)43(23-13-25(42(4)16-23)29(46)36-10-9-27(34)35)32(49)26-12-22(15-41(26)3)39-30(47)24-11-21(37-17-44)14-40(24)2/h5-8,11-17H,1,9-10H2,2-4H3,(H3,34,35)(H,36,46)(H,37,44)(H,38,45)(H,39,47). The molecule has 4 aromatic rings. The quantitative estimate of drug-likeness (QED) is 0.0397. The van der Waals surface area contributed by atoms with E-state index in [1.807, 2.05) is 0 Å². The molecule has 17 heteroatoms. The van der Waals surface area contributed by atoms with Gasteiger partial charge >= 0.3 is 0 Å². The molecule has 1 aromatic carbocycles. The van der Waals surface area contributed by atoms with Crippen molar-refractivity contribution in [1.29, 1.82) is 5.41 Å². The van der Waals surface area contributed by atoms with Crippen LogP contribution in [0.3, 0.4) is 0 Å². The number of amides is 6. The molecule has 3 heterocycles. The van der Waals surface area contributed by atoms with Gasteiger partial charge in [-0.1, -0.05) is 6.58 Å². The van der Waals surface area contributed by atoms with E-state index in [2.05, 4.69) is 43.8 Å². The molecule has 0 saturated heterocycles. The number of nitrogens with two attached hydrogens (primary N) is 1. The lowest BCUT2D eigenvalue weighted by Gasteiger charge is -2.20. The molecule has 0 spiro atoms. The SMILES string of the molecule is C=C(Br)C(=O)Nc1ccc(C(=O)N(C(=O)c2cc(NC(=O)c3cc(NC=O)cn3C)cn2C)c2cc(C(=O)NCCC(=N)N)n(C)c2)cc1. The molecule has 0 unspecified atom stereocenters. The third-order valence-corrected chi connectivity index (χ3v) is 7.51. The molecule has 254 valence electrons. The number of anilines is 4. The maximum absolute atomic E-state index is 14.2. The molecule has 7 N–H and O–H groups in total. The Morgan fingerprint density at radius 1 is 0.837 bits per heavy atom. The van der Waals surface area contributed by atoms with Gasteiger partial charge in [0.2, 0.25) is 6.41 Å². The van der Waals surface area contributed by atoms with E-state index in [1.165, 1.54) is 68.6 Å². The molecule has 0 aliphatic heterocycles. The molecule has 0 aliphatic rings. The Morgan fingerprint density at radius 2 is 1.43 bits per heavy atom. The Labute approximate surface area is 288 Å². The first-order chi connectivity index (χ1) is 23.2. The molecule has 4 rings (SSSR count). The van der Waals surface area contributed by atoms with Crippen LogP contribution >= 0.6 is 15.9 Å². The Bertz CT molecular complexity index is 1990. The van der Waals surface area contributed by atoms with E-state index in [1.54, 1.807) is 27.3 Å². The van der Waals surface area contributed by atoms with Crippen LogP contribution in [0.25, 0.3) is 0 Å². The average molecular weight is 734 g/mol. The fourth-order valence-electron chi connectivity index (χ4n) is 4.74. The molecule has 16 nitrogen and oxygen atoms in total. The van der Waals surface area contributed by atoms with Crippen LogP contribution in [-0.4, -0.2) is 62.0 Å². The Hall–Kier alpha value is -6.23. The predicted molar refractivity (Wildman–Crippen MR) is 187 cm³/mol. The van der Waals surface area contributed by atoms with Gasteiger partial charge in [-0.05, 0) is 58.4 Å². The molecular weight excluding hydrogens is 700 g/mol. The van der Waals surface area contributed by atoms with E-state index >= 15 is 0 Å². The maximum Gasteiger partial charge on any atom is 0.282 e. The number of rotatable bonds is 13. The van der Waals surface area contributed by atoms with Gasteiger partial charge in [-0.3, -0.25) is 34.2 Å². The van der Waals surface area contributed by atoms with Crippen LogP contribution in [0, 0.1) is 5.41 Å². The zero-order chi connectivity index (χ0) is 36.0. The number of hydrogen-bond acceptors (Lipinski definition) is 7. The van der Waals surface area contributed by atoms with Crippen molar-refractivity contribution >= 4 is 80.5 Å². The van der Waals surface area contributed by atoms with Crippen LogP contribution in [0.2, 0.25) is 0 Å². The zero-order valence-electron chi connectivity index (χ0n) is 26.7. The highest BCUT2D eigenvalue weighted by Crippen LogP contribution is 2.26. The summed E-state index contributed by atoms with van der Waals surface area (Å²) in [5.41, 5.74) is 6.97. The Morgan fingerprint density at radius 3 is 2.06 bits per heavy atom. The number of carbonyl (C=O) groups excluding carboxylic acids is 6. The smallest absolute Gasteiger partial charge is 0.282 e. The molecule has 3 aromatic heterocycles. The highest BCUT2D eigenvalue weighted by molar-refractivity contribution is 9.12. The minimum Gasteiger partial charge on any atom is -0.388 e. The third kappa shape index (κ3) is 8.38. The van der Waals surface area contributed by atoms with Gasteiger partial charge in [0.25, 0.3) is 29.5 Å². The normalized spacial score (nSPS) is 10.5. The summed E-state index contributed by atoms with van der Waals surface area (Å²) < 4.78 is 4.51. The molecule has 6 amide bonds. The lowest BCUT2D eigenvalue weighted by Crippen LogP contribution is -2.37. The number of aromatic nitrogens is 3. The average Bonchev–Trinajstić information content (AvgIpc) is 3.72. The zero-order valence-corrected chi connectivity index (χ0v) is 28.3. The second-order valence-corrected chi connectivity index (χ2v) is 11.7. The minimum absolute atomic E-state index is 0.0230. The lowest BCUT2D eigenvalue weighted by atomic mass is 10.1. The van der Waals surface area contributed by atoms with Crippen LogP contribution in [-0.2, 0) is 30.7 Å². The van der Waals surface area contributed by atoms with Gasteiger partial charge < -0.3 is 40.7 Å². The molecule has 0 aliphatic carbocycles. The summed E-state index contributed by atoms with van der Waals surface area (Å²) in [5, 5.41) is 17.8. The molecule has 0 atom stereocenters. The fraction of sp³-hybridized carbons (Fsp3) is 0.156. The third-order valence-electron chi connectivity index (χ3n) is 7.15. The fourth-order valence-corrected chi connectivity index (χ4v) is 4.84. The monoisotopic (exact) mass is 732 g/mol. The van der Waals surface area contributed by atoms with E-state index in [-0.39, 0.29) is 57.3 Å². The summed E-state index contributed by atoms with van der Waals surface area (Å²) in [6.45, 7) is 3.63. The van der Waals surface area contributed by atoms with Gasteiger partial charge in [-0.25, -0.2) is 4.90 Å². The van der Waals surface area contributed by atoms with Gasteiger partial charge in [-0.2, -0.15) is 0 Å². The van der Waals surface area contributed by atoms with Gasteiger partial charge in [0.15, 0.2) is 0 Å². The van der Waals surface area contributed by atoms with Crippen molar-refractivity contribution in [3.63, 3.8) is 0 Å². The first-order valence-corrected chi connectivity index (χ1v) is 15.3. The summed E-state index contributed by atoms with van der Waals surface area (Å²) >= 11 is 3.01. The van der Waals surface area contributed by atoms with Gasteiger partial charge in [-0.15, -0.1) is 0 Å². The van der Waals surface area contributed by atoms with E-state index in [9.17, 15) is 28.8 Å². The molecule has 0 radical (unpaired) electrons. The van der Waals surface area contributed by atoms with Gasteiger partial charge in [0.1, 0.15) is 17.1 Å². The molecule has 0 saturated carbocycles. The van der Waals surface area contributed by atoms with Gasteiger partial charge in [0, 0.05) is 63.9 Å². The van der Waals surface area contributed by atoms with E-state index < -0.39 is 29.5 Å². The van der Waals surface area contributed by atoms with Crippen molar-refractivity contribution in [3.8, 4) is 0 Å². The highest BCUT2D eigenvalue weighted by atomic mass is 79.9. The lowest BCUT2D eigenvalue weighted by molar-refractivity contribution is -0.112. The number of halogens is 1.